The van der Waals surface area contributed by atoms with Gasteiger partial charge in [0.15, 0.2) is 0 Å². The number of H-pyrrole nitrogens is 1. The Bertz CT molecular complexity index is 547. The van der Waals surface area contributed by atoms with E-state index in [9.17, 15) is 4.79 Å². The summed E-state index contributed by atoms with van der Waals surface area (Å²) in [6, 6.07) is 6.89. The SMILES string of the molecule is COc1c(C)cc(Cl)cc1C(=O)c1ccc[nH]1. The van der Waals surface area contributed by atoms with E-state index in [1.54, 1.807) is 37.6 Å². The molecule has 4 heteroatoms. The summed E-state index contributed by atoms with van der Waals surface area (Å²) < 4.78 is 5.26. The number of hydrogen-bond acceptors (Lipinski definition) is 2. The first-order chi connectivity index (χ1) is 8.13. The van der Waals surface area contributed by atoms with Crippen molar-refractivity contribution in [1.29, 1.82) is 0 Å². The number of rotatable bonds is 3. The van der Waals surface area contributed by atoms with Crippen molar-refractivity contribution in [2.75, 3.05) is 7.11 Å². The summed E-state index contributed by atoms with van der Waals surface area (Å²) in [4.78, 5) is 15.1. The lowest BCUT2D eigenvalue weighted by molar-refractivity contribution is 0.103. The molecule has 0 aliphatic heterocycles. The Hall–Kier alpha value is -1.74. The van der Waals surface area contributed by atoms with E-state index < -0.39 is 0 Å². The molecule has 1 aromatic carbocycles. The highest BCUT2D eigenvalue weighted by molar-refractivity contribution is 6.31. The number of hydrogen-bond donors (Lipinski definition) is 1. The molecular formula is C13H12ClNO2. The first kappa shape index (κ1) is 11.7. The fourth-order valence-corrected chi connectivity index (χ4v) is 2.06. The molecule has 0 saturated heterocycles. The molecule has 88 valence electrons. The van der Waals surface area contributed by atoms with Crippen LogP contribution in [0.4, 0.5) is 0 Å². The van der Waals surface area contributed by atoms with Crippen LogP contribution in [0.5, 0.6) is 5.75 Å². The van der Waals surface area contributed by atoms with E-state index in [-0.39, 0.29) is 5.78 Å². The molecule has 2 aromatic rings. The van der Waals surface area contributed by atoms with Gasteiger partial charge in [0, 0.05) is 11.2 Å². The van der Waals surface area contributed by atoms with E-state index in [0.717, 1.165) is 5.56 Å². The predicted molar refractivity (Wildman–Crippen MR) is 67.0 cm³/mol. The topological polar surface area (TPSA) is 42.1 Å². The van der Waals surface area contributed by atoms with E-state index >= 15 is 0 Å². The molecular weight excluding hydrogens is 238 g/mol. The lowest BCUT2D eigenvalue weighted by atomic mass is 10.0. The summed E-state index contributed by atoms with van der Waals surface area (Å²) in [7, 11) is 1.54. The number of aryl methyl sites for hydroxylation is 1. The molecule has 3 nitrogen and oxygen atoms in total. The third-order valence-corrected chi connectivity index (χ3v) is 2.75. The smallest absolute Gasteiger partial charge is 0.212 e. The number of aromatic nitrogens is 1. The second kappa shape index (κ2) is 4.63. The minimum atomic E-state index is -0.127. The van der Waals surface area contributed by atoms with Gasteiger partial charge < -0.3 is 9.72 Å². The fourth-order valence-electron chi connectivity index (χ4n) is 1.79. The predicted octanol–water partition coefficient (Wildman–Crippen LogP) is 3.22. The van der Waals surface area contributed by atoms with Gasteiger partial charge in [-0.05, 0) is 36.8 Å². The molecule has 0 unspecified atom stereocenters. The highest BCUT2D eigenvalue weighted by Gasteiger charge is 2.17. The molecule has 0 fully saturated rings. The van der Waals surface area contributed by atoms with Gasteiger partial charge in [-0.15, -0.1) is 0 Å². The van der Waals surface area contributed by atoms with Gasteiger partial charge in [-0.25, -0.2) is 0 Å². The monoisotopic (exact) mass is 249 g/mol. The summed E-state index contributed by atoms with van der Waals surface area (Å²) in [6.07, 6.45) is 1.71. The van der Waals surface area contributed by atoms with Crippen molar-refractivity contribution in [3.8, 4) is 5.75 Å². The third-order valence-electron chi connectivity index (χ3n) is 2.53. The number of benzene rings is 1. The molecule has 17 heavy (non-hydrogen) atoms. The van der Waals surface area contributed by atoms with Crippen molar-refractivity contribution < 1.29 is 9.53 Å². The minimum absolute atomic E-state index is 0.127. The molecule has 0 aliphatic rings. The van der Waals surface area contributed by atoms with Crippen molar-refractivity contribution in [3.05, 3.63) is 52.3 Å². The zero-order chi connectivity index (χ0) is 12.4. The minimum Gasteiger partial charge on any atom is -0.496 e. The third kappa shape index (κ3) is 2.19. The van der Waals surface area contributed by atoms with Gasteiger partial charge in [0.25, 0.3) is 0 Å². The number of halogens is 1. The molecule has 0 bridgehead atoms. The summed E-state index contributed by atoms with van der Waals surface area (Å²) >= 11 is 5.97. The van der Waals surface area contributed by atoms with E-state index in [0.29, 0.717) is 22.0 Å². The van der Waals surface area contributed by atoms with Gasteiger partial charge in [0.2, 0.25) is 5.78 Å². The molecule has 1 aromatic heterocycles. The van der Waals surface area contributed by atoms with E-state index in [1.165, 1.54) is 0 Å². The lowest BCUT2D eigenvalue weighted by Gasteiger charge is -2.10. The number of carbonyl (C=O) groups is 1. The Morgan fingerprint density at radius 3 is 2.76 bits per heavy atom. The van der Waals surface area contributed by atoms with Crippen LogP contribution in [0.3, 0.4) is 0 Å². The Morgan fingerprint density at radius 1 is 1.41 bits per heavy atom. The molecule has 0 spiro atoms. The number of ketones is 1. The zero-order valence-electron chi connectivity index (χ0n) is 9.58. The first-order valence-corrected chi connectivity index (χ1v) is 5.53. The Labute approximate surface area is 104 Å². The maximum absolute atomic E-state index is 12.2. The molecule has 0 amide bonds. The van der Waals surface area contributed by atoms with Crippen molar-refractivity contribution in [2.24, 2.45) is 0 Å². The number of methoxy groups -OCH3 is 1. The van der Waals surface area contributed by atoms with Crippen LogP contribution >= 0.6 is 11.6 Å². The van der Waals surface area contributed by atoms with Crippen LogP contribution in [0, 0.1) is 6.92 Å². The molecule has 0 aliphatic carbocycles. The van der Waals surface area contributed by atoms with Gasteiger partial charge in [-0.1, -0.05) is 11.6 Å². The first-order valence-electron chi connectivity index (χ1n) is 5.15. The Balaban J connectivity index is 2.55. The van der Waals surface area contributed by atoms with E-state index in [4.69, 9.17) is 16.3 Å². The van der Waals surface area contributed by atoms with Crippen LogP contribution in [0.2, 0.25) is 5.02 Å². The second-order valence-corrected chi connectivity index (χ2v) is 4.15. The molecule has 0 saturated carbocycles. The summed E-state index contributed by atoms with van der Waals surface area (Å²) in [6.45, 7) is 1.86. The van der Waals surface area contributed by atoms with E-state index in [1.807, 2.05) is 6.92 Å². The largest absolute Gasteiger partial charge is 0.496 e. The quantitative estimate of drug-likeness (QED) is 0.849. The highest BCUT2D eigenvalue weighted by Crippen LogP contribution is 2.29. The summed E-state index contributed by atoms with van der Waals surface area (Å²) in [5, 5.41) is 0.526. The molecule has 1 N–H and O–H groups in total. The second-order valence-electron chi connectivity index (χ2n) is 3.72. The zero-order valence-corrected chi connectivity index (χ0v) is 10.3. The molecule has 1 heterocycles. The number of carbonyl (C=O) groups excluding carboxylic acids is 1. The van der Waals surface area contributed by atoms with Crippen molar-refractivity contribution >= 4 is 17.4 Å². The van der Waals surface area contributed by atoms with Crippen LogP contribution in [0.15, 0.2) is 30.5 Å². The molecule has 0 radical (unpaired) electrons. The molecule has 0 atom stereocenters. The van der Waals surface area contributed by atoms with Crippen LogP contribution in [-0.4, -0.2) is 17.9 Å². The Morgan fingerprint density at radius 2 is 2.18 bits per heavy atom. The van der Waals surface area contributed by atoms with Crippen molar-refractivity contribution in [2.45, 2.75) is 6.92 Å². The number of ether oxygens (including phenoxy) is 1. The van der Waals surface area contributed by atoms with Crippen LogP contribution in [0.1, 0.15) is 21.6 Å². The van der Waals surface area contributed by atoms with Crippen LogP contribution < -0.4 is 4.74 Å². The standard InChI is InChI=1S/C13H12ClNO2/c1-8-6-9(14)7-10(13(8)17-2)12(16)11-4-3-5-15-11/h3-7,15H,1-2H3. The van der Waals surface area contributed by atoms with Gasteiger partial charge in [0.1, 0.15) is 5.75 Å². The summed E-state index contributed by atoms with van der Waals surface area (Å²) in [5.74, 6) is 0.437. The van der Waals surface area contributed by atoms with Crippen molar-refractivity contribution in [3.63, 3.8) is 0 Å². The maximum Gasteiger partial charge on any atom is 0.212 e. The maximum atomic E-state index is 12.2. The van der Waals surface area contributed by atoms with E-state index in [2.05, 4.69) is 4.98 Å². The van der Waals surface area contributed by atoms with Gasteiger partial charge in [-0.2, -0.15) is 0 Å². The summed E-state index contributed by atoms with van der Waals surface area (Å²) in [5.41, 5.74) is 1.83. The van der Waals surface area contributed by atoms with Gasteiger partial charge in [0.05, 0.1) is 18.4 Å². The normalized spacial score (nSPS) is 10.3. The Kier molecular flexibility index (Phi) is 3.20. The fraction of sp³-hybridized carbons (Fsp3) is 0.154. The highest BCUT2D eigenvalue weighted by atomic mass is 35.5. The van der Waals surface area contributed by atoms with Crippen LogP contribution in [0.25, 0.3) is 0 Å². The number of aromatic amines is 1. The van der Waals surface area contributed by atoms with Crippen LogP contribution in [-0.2, 0) is 0 Å². The lowest BCUT2D eigenvalue weighted by Crippen LogP contribution is -2.05. The molecule has 2 rings (SSSR count). The number of nitrogens with one attached hydrogen (secondary N) is 1. The average molecular weight is 250 g/mol. The average Bonchev–Trinajstić information content (AvgIpc) is 2.80. The van der Waals surface area contributed by atoms with Crippen molar-refractivity contribution in [1.82, 2.24) is 4.98 Å². The van der Waals surface area contributed by atoms with Gasteiger partial charge in [-0.3, -0.25) is 4.79 Å². The van der Waals surface area contributed by atoms with Gasteiger partial charge >= 0.3 is 0 Å².